The molecule has 3 rings (SSSR count). The van der Waals surface area contributed by atoms with Gasteiger partial charge in [-0.25, -0.2) is 13.1 Å². The first-order valence-corrected chi connectivity index (χ1v) is 10.7. The summed E-state index contributed by atoms with van der Waals surface area (Å²) >= 11 is 0. The van der Waals surface area contributed by atoms with Gasteiger partial charge < -0.3 is 15.5 Å². The van der Waals surface area contributed by atoms with Crippen LogP contribution in [0.1, 0.15) is 45.2 Å². The minimum atomic E-state index is -4.34. The molecule has 0 fully saturated rings. The van der Waals surface area contributed by atoms with Crippen LogP contribution in [0.5, 0.6) is 11.5 Å². The number of sulfonamides is 1. The number of hydrogen-bond acceptors (Lipinski definition) is 7. The summed E-state index contributed by atoms with van der Waals surface area (Å²) in [5.41, 5.74) is -0.304. The summed E-state index contributed by atoms with van der Waals surface area (Å²) < 4.78 is 27.5. The third-order valence-corrected chi connectivity index (χ3v) is 6.21. The lowest BCUT2D eigenvalue weighted by Gasteiger charge is -2.20. The van der Waals surface area contributed by atoms with E-state index in [0.717, 1.165) is 6.07 Å². The average molecular weight is 444 g/mol. The number of fused-ring (bicyclic) bond motifs is 2. The van der Waals surface area contributed by atoms with Gasteiger partial charge in [-0.05, 0) is 19.4 Å². The van der Waals surface area contributed by atoms with Crippen LogP contribution in [0.2, 0.25) is 0 Å². The van der Waals surface area contributed by atoms with Crippen LogP contribution in [0, 0.1) is 0 Å². The molecule has 2 aromatic rings. The van der Waals surface area contributed by atoms with E-state index in [1.165, 1.54) is 19.1 Å². The van der Waals surface area contributed by atoms with E-state index in [1.54, 1.807) is 12.1 Å². The summed E-state index contributed by atoms with van der Waals surface area (Å²) in [6.07, 6.45) is 0.237. The fourth-order valence-electron chi connectivity index (χ4n) is 3.13. The Kier molecular flexibility index (Phi) is 5.96. The van der Waals surface area contributed by atoms with Crippen LogP contribution in [-0.2, 0) is 14.8 Å². The number of nitrogens with one attached hydrogen (secondary N) is 2. The molecule has 0 unspecified atom stereocenters. The van der Waals surface area contributed by atoms with Crippen molar-refractivity contribution in [3.8, 4) is 11.5 Å². The van der Waals surface area contributed by atoms with E-state index >= 15 is 0 Å². The number of aromatic hydroxyl groups is 2. The van der Waals surface area contributed by atoms with Gasteiger partial charge in [0.25, 0.3) is 0 Å². The summed E-state index contributed by atoms with van der Waals surface area (Å²) in [5, 5.41) is 23.2. The van der Waals surface area contributed by atoms with Crippen LogP contribution >= 0.6 is 0 Å². The van der Waals surface area contributed by atoms with Crippen molar-refractivity contribution in [1.82, 2.24) is 10.0 Å². The highest BCUT2D eigenvalue weighted by Gasteiger charge is 2.36. The number of carbonyl (C=O) groups excluding carboxylic acids is 3. The standard InChI is InChI=1S/C21H20N2O7S/c1-11(2)21(28)22-8-5-9-23-31(29,30)15-10-14-16(20(27)19(15)26)18(25)13-7-4-3-6-12(13)17(14)24/h3-4,6-7,10,23,26-27H,1,5,8-9H2,2H3,(H,22,28). The van der Waals surface area contributed by atoms with E-state index in [-0.39, 0.29) is 42.1 Å². The highest BCUT2D eigenvalue weighted by atomic mass is 32.2. The topological polar surface area (TPSA) is 150 Å². The van der Waals surface area contributed by atoms with E-state index in [1.807, 2.05) is 0 Å². The predicted molar refractivity (Wildman–Crippen MR) is 111 cm³/mol. The third kappa shape index (κ3) is 4.07. The molecule has 0 aromatic heterocycles. The van der Waals surface area contributed by atoms with Gasteiger partial charge in [-0.15, -0.1) is 0 Å². The minimum Gasteiger partial charge on any atom is -0.504 e. The summed E-state index contributed by atoms with van der Waals surface area (Å²) in [6, 6.07) is 6.82. The first-order chi connectivity index (χ1) is 14.6. The molecule has 1 aliphatic rings. The van der Waals surface area contributed by atoms with E-state index in [4.69, 9.17) is 0 Å². The highest BCUT2D eigenvalue weighted by Crippen LogP contribution is 2.42. The molecular formula is C21H20N2O7S. The molecule has 162 valence electrons. The van der Waals surface area contributed by atoms with Gasteiger partial charge >= 0.3 is 0 Å². The number of rotatable bonds is 7. The predicted octanol–water partition coefficient (Wildman–Crippen LogP) is 1.23. The lowest BCUT2D eigenvalue weighted by Crippen LogP contribution is -2.30. The van der Waals surface area contributed by atoms with E-state index in [2.05, 4.69) is 16.6 Å². The van der Waals surface area contributed by atoms with Crippen molar-refractivity contribution in [2.75, 3.05) is 13.1 Å². The van der Waals surface area contributed by atoms with Crippen LogP contribution in [0.15, 0.2) is 47.4 Å². The van der Waals surface area contributed by atoms with Crippen LogP contribution in [-0.4, -0.2) is 49.2 Å². The van der Waals surface area contributed by atoms with E-state index in [9.17, 15) is 33.0 Å². The number of amides is 1. The maximum Gasteiger partial charge on any atom is 0.246 e. The molecule has 0 bridgehead atoms. The van der Waals surface area contributed by atoms with Crippen molar-refractivity contribution >= 4 is 27.5 Å². The number of hydrogen-bond donors (Lipinski definition) is 4. The minimum absolute atomic E-state index is 0.0558. The fraction of sp³-hybridized carbons (Fsp3) is 0.190. The molecule has 0 heterocycles. The zero-order chi connectivity index (χ0) is 22.9. The van der Waals surface area contributed by atoms with Crippen molar-refractivity contribution in [2.24, 2.45) is 0 Å². The summed E-state index contributed by atoms with van der Waals surface area (Å²) in [5.74, 6) is -3.69. The Morgan fingerprint density at radius 2 is 1.61 bits per heavy atom. The smallest absolute Gasteiger partial charge is 0.246 e. The SMILES string of the molecule is C=C(C)C(=O)NCCCNS(=O)(=O)c1cc2c(c(O)c1O)C(=O)c1ccccc1C2=O. The molecule has 0 saturated heterocycles. The lowest BCUT2D eigenvalue weighted by atomic mass is 9.83. The van der Waals surface area contributed by atoms with Crippen molar-refractivity contribution in [3.63, 3.8) is 0 Å². The summed E-state index contributed by atoms with van der Waals surface area (Å²) in [4.78, 5) is 36.2. The second-order valence-electron chi connectivity index (χ2n) is 6.99. The van der Waals surface area contributed by atoms with E-state index < -0.39 is 43.5 Å². The molecule has 4 N–H and O–H groups in total. The van der Waals surface area contributed by atoms with Crippen LogP contribution in [0.4, 0.5) is 0 Å². The molecule has 0 radical (unpaired) electrons. The van der Waals surface area contributed by atoms with Crippen molar-refractivity contribution in [2.45, 2.75) is 18.2 Å². The largest absolute Gasteiger partial charge is 0.504 e. The summed E-state index contributed by atoms with van der Waals surface area (Å²) in [6.45, 7) is 5.11. The number of carbonyl (C=O) groups is 3. The van der Waals surface area contributed by atoms with Crippen molar-refractivity contribution < 1.29 is 33.0 Å². The van der Waals surface area contributed by atoms with Crippen LogP contribution in [0.3, 0.4) is 0 Å². The first-order valence-electron chi connectivity index (χ1n) is 9.27. The maximum absolute atomic E-state index is 12.8. The Bertz CT molecular complexity index is 1230. The molecule has 9 nitrogen and oxygen atoms in total. The highest BCUT2D eigenvalue weighted by molar-refractivity contribution is 7.89. The first kappa shape index (κ1) is 22.2. The number of ketones is 2. The Morgan fingerprint density at radius 3 is 2.23 bits per heavy atom. The second kappa shape index (κ2) is 8.32. The quantitative estimate of drug-likeness (QED) is 0.243. The Morgan fingerprint density at radius 1 is 1.00 bits per heavy atom. The van der Waals surface area contributed by atoms with Gasteiger partial charge in [-0.1, -0.05) is 30.8 Å². The Labute approximate surface area is 178 Å². The normalized spacial score (nSPS) is 12.8. The molecule has 2 aromatic carbocycles. The Hall–Kier alpha value is -3.50. The molecule has 10 heteroatoms. The second-order valence-corrected chi connectivity index (χ2v) is 8.72. The fourth-order valence-corrected chi connectivity index (χ4v) is 4.33. The number of phenolic OH excluding ortho intramolecular Hbond substituents is 2. The molecule has 0 saturated carbocycles. The number of benzene rings is 2. The maximum atomic E-state index is 12.8. The molecule has 0 atom stereocenters. The van der Waals surface area contributed by atoms with Gasteiger partial charge in [-0.3, -0.25) is 14.4 Å². The van der Waals surface area contributed by atoms with Gasteiger partial charge in [0.1, 0.15) is 4.90 Å². The van der Waals surface area contributed by atoms with Gasteiger partial charge in [0.05, 0.1) is 5.56 Å². The van der Waals surface area contributed by atoms with Gasteiger partial charge in [-0.2, -0.15) is 0 Å². The van der Waals surface area contributed by atoms with Gasteiger partial charge in [0.15, 0.2) is 23.1 Å². The van der Waals surface area contributed by atoms with Crippen LogP contribution < -0.4 is 10.0 Å². The van der Waals surface area contributed by atoms with E-state index in [0.29, 0.717) is 5.57 Å². The summed E-state index contributed by atoms with van der Waals surface area (Å²) in [7, 11) is -4.34. The molecule has 0 spiro atoms. The molecule has 1 aliphatic carbocycles. The van der Waals surface area contributed by atoms with Gasteiger partial charge in [0, 0.05) is 35.4 Å². The average Bonchev–Trinajstić information content (AvgIpc) is 2.73. The zero-order valence-corrected chi connectivity index (χ0v) is 17.4. The molecule has 1 amide bonds. The van der Waals surface area contributed by atoms with Crippen molar-refractivity contribution in [3.05, 3.63) is 64.7 Å². The van der Waals surface area contributed by atoms with Gasteiger partial charge in [0.2, 0.25) is 15.9 Å². The zero-order valence-electron chi connectivity index (χ0n) is 16.6. The lowest BCUT2D eigenvalue weighted by molar-refractivity contribution is -0.117. The monoisotopic (exact) mass is 444 g/mol. The number of phenols is 2. The van der Waals surface area contributed by atoms with Crippen molar-refractivity contribution in [1.29, 1.82) is 0 Å². The third-order valence-electron chi connectivity index (χ3n) is 4.74. The molecule has 31 heavy (non-hydrogen) atoms. The molecular weight excluding hydrogens is 424 g/mol. The Balaban J connectivity index is 1.87. The van der Waals surface area contributed by atoms with Crippen LogP contribution in [0.25, 0.3) is 0 Å². The molecule has 0 aliphatic heterocycles.